The van der Waals surface area contributed by atoms with E-state index < -0.39 is 30.4 Å². The normalized spacial score (nSPS) is 17.0. The number of likely N-dealkylation sites (tertiary alicyclic amines) is 1. The van der Waals surface area contributed by atoms with Crippen LogP contribution in [0.4, 0.5) is 5.69 Å². The number of methoxy groups -OCH3 is 1. The maximum Gasteiger partial charge on any atom is 0.342 e. The molecule has 0 aromatic heterocycles. The number of primary amides is 1. The second kappa shape index (κ2) is 8.06. The first-order chi connectivity index (χ1) is 11.8. The molecule has 0 saturated carbocycles. The van der Waals surface area contributed by atoms with Crippen molar-refractivity contribution in [3.63, 3.8) is 0 Å². The molecule has 4 N–H and O–H groups in total. The van der Waals surface area contributed by atoms with E-state index in [1.54, 1.807) is 0 Å². The van der Waals surface area contributed by atoms with Crippen LogP contribution in [0.2, 0.25) is 5.02 Å². The van der Waals surface area contributed by atoms with E-state index in [2.05, 4.69) is 0 Å². The average Bonchev–Trinajstić information content (AvgIpc) is 2.61. The molecule has 0 aliphatic carbocycles. The Morgan fingerprint density at radius 3 is 2.68 bits per heavy atom. The van der Waals surface area contributed by atoms with Crippen molar-refractivity contribution in [3.8, 4) is 5.75 Å². The zero-order valence-corrected chi connectivity index (χ0v) is 14.5. The number of nitrogen functional groups attached to an aromatic ring is 1. The van der Waals surface area contributed by atoms with Crippen LogP contribution in [-0.2, 0) is 14.3 Å². The molecule has 2 rings (SSSR count). The smallest absolute Gasteiger partial charge is 0.342 e. The number of halogens is 1. The van der Waals surface area contributed by atoms with E-state index >= 15 is 0 Å². The molecule has 1 aromatic rings. The van der Waals surface area contributed by atoms with Gasteiger partial charge in [0.05, 0.1) is 17.8 Å². The van der Waals surface area contributed by atoms with Gasteiger partial charge in [0.15, 0.2) is 6.61 Å². The van der Waals surface area contributed by atoms with Gasteiger partial charge >= 0.3 is 5.97 Å². The number of benzene rings is 1. The topological polar surface area (TPSA) is 125 Å². The molecule has 1 heterocycles. The fourth-order valence-corrected chi connectivity index (χ4v) is 2.87. The molecule has 1 aromatic carbocycles. The SMILES string of the molecule is COc1cc(N)c(Cl)cc1C(=O)OCC(=O)N1CCCC[C@H]1C(N)=O. The van der Waals surface area contributed by atoms with Crippen LogP contribution in [0, 0.1) is 0 Å². The third-order valence-corrected chi connectivity index (χ3v) is 4.34. The molecule has 9 heteroatoms. The molecular weight excluding hydrogens is 350 g/mol. The lowest BCUT2D eigenvalue weighted by Gasteiger charge is -2.33. The van der Waals surface area contributed by atoms with Crippen molar-refractivity contribution in [2.75, 3.05) is 26.0 Å². The number of carbonyl (C=O) groups is 3. The number of amides is 2. The van der Waals surface area contributed by atoms with Crippen molar-refractivity contribution >= 4 is 35.1 Å². The summed E-state index contributed by atoms with van der Waals surface area (Å²) in [7, 11) is 1.37. The standard InChI is InChI=1S/C16H20ClN3O5/c1-24-13-7-11(18)10(17)6-9(13)16(23)25-8-14(21)20-5-3-2-4-12(20)15(19)22/h6-7,12H,2-5,8,18H2,1H3,(H2,19,22)/t12-/m0/s1. The van der Waals surface area contributed by atoms with Crippen LogP contribution >= 0.6 is 11.6 Å². The van der Waals surface area contributed by atoms with Gasteiger partial charge in [0, 0.05) is 12.6 Å². The predicted octanol–water partition coefficient (Wildman–Crippen LogP) is 0.954. The number of piperidine rings is 1. The Balaban J connectivity index is 2.05. The first-order valence-electron chi connectivity index (χ1n) is 7.74. The summed E-state index contributed by atoms with van der Waals surface area (Å²) in [4.78, 5) is 37.3. The van der Waals surface area contributed by atoms with Gasteiger partial charge in [0.25, 0.3) is 5.91 Å². The van der Waals surface area contributed by atoms with Gasteiger partial charge in [-0.1, -0.05) is 11.6 Å². The maximum atomic E-state index is 12.3. The Hall–Kier alpha value is -2.48. The summed E-state index contributed by atoms with van der Waals surface area (Å²) >= 11 is 5.91. The largest absolute Gasteiger partial charge is 0.496 e. The Kier molecular flexibility index (Phi) is 6.08. The first kappa shape index (κ1) is 18.9. The number of nitrogens with two attached hydrogens (primary N) is 2. The zero-order valence-electron chi connectivity index (χ0n) is 13.8. The van der Waals surface area contributed by atoms with Crippen LogP contribution < -0.4 is 16.2 Å². The lowest BCUT2D eigenvalue weighted by Crippen LogP contribution is -2.51. The van der Waals surface area contributed by atoms with Crippen LogP contribution in [0.25, 0.3) is 0 Å². The van der Waals surface area contributed by atoms with Crippen molar-refractivity contribution in [2.24, 2.45) is 5.73 Å². The molecule has 0 spiro atoms. The lowest BCUT2D eigenvalue weighted by molar-refractivity contribution is -0.143. The first-order valence-corrected chi connectivity index (χ1v) is 8.12. The Morgan fingerprint density at radius 1 is 1.32 bits per heavy atom. The van der Waals surface area contributed by atoms with Crippen LogP contribution in [0.5, 0.6) is 5.75 Å². The number of hydrogen-bond acceptors (Lipinski definition) is 6. The van der Waals surface area contributed by atoms with E-state index in [9.17, 15) is 14.4 Å². The predicted molar refractivity (Wildman–Crippen MR) is 91.2 cm³/mol. The molecule has 0 radical (unpaired) electrons. The number of esters is 1. The monoisotopic (exact) mass is 369 g/mol. The molecule has 1 atom stereocenters. The quantitative estimate of drug-likeness (QED) is 0.588. The highest BCUT2D eigenvalue weighted by Crippen LogP contribution is 2.29. The summed E-state index contributed by atoms with van der Waals surface area (Å²) in [5.41, 5.74) is 11.3. The Bertz CT molecular complexity index is 695. The molecule has 2 amide bonds. The van der Waals surface area contributed by atoms with Gasteiger partial charge in [-0.05, 0) is 25.3 Å². The fourth-order valence-electron chi connectivity index (χ4n) is 2.71. The molecule has 136 valence electrons. The molecule has 0 bridgehead atoms. The summed E-state index contributed by atoms with van der Waals surface area (Å²) < 4.78 is 10.1. The number of nitrogens with zero attached hydrogens (tertiary/aromatic N) is 1. The highest BCUT2D eigenvalue weighted by atomic mass is 35.5. The molecule has 1 saturated heterocycles. The van der Waals surface area contributed by atoms with E-state index in [1.165, 1.54) is 24.1 Å². The van der Waals surface area contributed by atoms with E-state index in [0.29, 0.717) is 13.0 Å². The Morgan fingerprint density at radius 2 is 2.04 bits per heavy atom. The maximum absolute atomic E-state index is 12.3. The third-order valence-electron chi connectivity index (χ3n) is 4.02. The van der Waals surface area contributed by atoms with Crippen molar-refractivity contribution in [2.45, 2.75) is 25.3 Å². The van der Waals surface area contributed by atoms with Crippen molar-refractivity contribution < 1.29 is 23.9 Å². The van der Waals surface area contributed by atoms with Gasteiger partial charge < -0.3 is 25.8 Å². The highest BCUT2D eigenvalue weighted by Gasteiger charge is 2.31. The van der Waals surface area contributed by atoms with E-state index in [1.807, 2.05) is 0 Å². The van der Waals surface area contributed by atoms with Gasteiger partial charge in [0.1, 0.15) is 17.4 Å². The number of ether oxygens (including phenoxy) is 2. The number of rotatable bonds is 5. The van der Waals surface area contributed by atoms with Crippen molar-refractivity contribution in [3.05, 3.63) is 22.7 Å². The van der Waals surface area contributed by atoms with Gasteiger partial charge in [-0.15, -0.1) is 0 Å². The number of anilines is 1. The molecular formula is C16H20ClN3O5. The minimum atomic E-state index is -0.778. The molecule has 25 heavy (non-hydrogen) atoms. The molecule has 1 fully saturated rings. The summed E-state index contributed by atoms with van der Waals surface area (Å²) in [6.45, 7) is -0.102. The molecule has 1 aliphatic heterocycles. The van der Waals surface area contributed by atoms with E-state index in [4.69, 9.17) is 32.5 Å². The summed E-state index contributed by atoms with van der Waals surface area (Å²) in [6.07, 6.45) is 2.10. The number of hydrogen-bond donors (Lipinski definition) is 2. The van der Waals surface area contributed by atoms with Gasteiger partial charge in [0.2, 0.25) is 5.91 Å². The Labute approximate surface area is 150 Å². The van der Waals surface area contributed by atoms with Crippen LogP contribution in [-0.4, -0.2) is 49.0 Å². The average molecular weight is 370 g/mol. The van der Waals surface area contributed by atoms with Gasteiger partial charge in [-0.2, -0.15) is 0 Å². The summed E-state index contributed by atoms with van der Waals surface area (Å²) in [6, 6.07) is 2.05. The molecule has 8 nitrogen and oxygen atoms in total. The highest BCUT2D eigenvalue weighted by molar-refractivity contribution is 6.33. The minimum absolute atomic E-state index is 0.0552. The summed E-state index contributed by atoms with van der Waals surface area (Å²) in [5.74, 6) is -1.63. The van der Waals surface area contributed by atoms with Crippen LogP contribution in [0.1, 0.15) is 29.6 Å². The van der Waals surface area contributed by atoms with Crippen molar-refractivity contribution in [1.29, 1.82) is 0 Å². The molecule has 1 aliphatic rings. The summed E-state index contributed by atoms with van der Waals surface area (Å²) in [5, 5.41) is 0.170. The third kappa shape index (κ3) is 4.33. The van der Waals surface area contributed by atoms with Crippen molar-refractivity contribution in [1.82, 2.24) is 4.90 Å². The van der Waals surface area contributed by atoms with Gasteiger partial charge in [-0.25, -0.2) is 4.79 Å². The van der Waals surface area contributed by atoms with E-state index in [-0.39, 0.29) is 22.0 Å². The zero-order chi connectivity index (χ0) is 18.6. The van der Waals surface area contributed by atoms with Crippen LogP contribution in [0.15, 0.2) is 12.1 Å². The fraction of sp³-hybridized carbons (Fsp3) is 0.438. The lowest BCUT2D eigenvalue weighted by atomic mass is 10.0. The van der Waals surface area contributed by atoms with E-state index in [0.717, 1.165) is 12.8 Å². The second-order valence-corrected chi connectivity index (χ2v) is 6.06. The van der Waals surface area contributed by atoms with Gasteiger partial charge in [-0.3, -0.25) is 9.59 Å². The second-order valence-electron chi connectivity index (χ2n) is 5.65. The minimum Gasteiger partial charge on any atom is -0.496 e. The van der Waals surface area contributed by atoms with Crippen LogP contribution in [0.3, 0.4) is 0 Å². The molecule has 0 unspecified atom stereocenters. The number of carbonyl (C=O) groups excluding carboxylic acids is 3.